The van der Waals surface area contributed by atoms with Crippen LogP contribution < -0.4 is 15.4 Å². The molecule has 1 aromatic carbocycles. The summed E-state index contributed by atoms with van der Waals surface area (Å²) in [6, 6.07) is 10.8. The number of furan rings is 1. The van der Waals surface area contributed by atoms with Crippen LogP contribution in [0.1, 0.15) is 43.1 Å². The first-order valence-electron chi connectivity index (χ1n) is 8.70. The second-order valence-corrected chi connectivity index (χ2v) is 6.23. The van der Waals surface area contributed by atoms with Crippen molar-refractivity contribution in [3.05, 3.63) is 54.0 Å². The minimum atomic E-state index is -0.862. The van der Waals surface area contributed by atoms with E-state index in [1.165, 1.54) is 19.1 Å². The Labute approximate surface area is 147 Å². The molecule has 0 spiro atoms. The first-order chi connectivity index (χ1) is 12.2. The molecule has 6 heteroatoms. The van der Waals surface area contributed by atoms with Crippen molar-refractivity contribution in [2.45, 2.75) is 44.4 Å². The first-order valence-corrected chi connectivity index (χ1v) is 8.70. The minimum Gasteiger partial charge on any atom is -0.490 e. The maximum absolute atomic E-state index is 11.9. The molecular formula is C19H24N2O4. The summed E-state index contributed by atoms with van der Waals surface area (Å²) in [5.74, 6) is 1.25. The topological polar surface area (TPSA) is 83.7 Å². The maximum Gasteiger partial charge on any atom is 0.315 e. The largest absolute Gasteiger partial charge is 0.490 e. The lowest BCUT2D eigenvalue weighted by atomic mass is 10.2. The van der Waals surface area contributed by atoms with Crippen molar-refractivity contribution in [2.24, 2.45) is 0 Å². The van der Waals surface area contributed by atoms with Crippen molar-refractivity contribution in [1.29, 1.82) is 0 Å². The van der Waals surface area contributed by atoms with Crippen LogP contribution in [-0.2, 0) is 6.54 Å². The van der Waals surface area contributed by atoms with Crippen molar-refractivity contribution in [2.75, 3.05) is 6.54 Å². The Balaban J connectivity index is 1.46. The lowest BCUT2D eigenvalue weighted by Crippen LogP contribution is -2.37. The van der Waals surface area contributed by atoms with Crippen molar-refractivity contribution in [3.63, 3.8) is 0 Å². The summed E-state index contributed by atoms with van der Waals surface area (Å²) in [6.07, 6.45) is 5.51. The van der Waals surface area contributed by atoms with Gasteiger partial charge in [-0.1, -0.05) is 18.2 Å². The number of rotatable bonds is 7. The molecule has 1 aromatic heterocycles. The highest BCUT2D eigenvalue weighted by molar-refractivity contribution is 5.73. The van der Waals surface area contributed by atoms with Crippen LogP contribution in [-0.4, -0.2) is 23.8 Å². The van der Waals surface area contributed by atoms with Crippen molar-refractivity contribution >= 4 is 6.03 Å². The van der Waals surface area contributed by atoms with Crippen LogP contribution in [0.5, 0.6) is 5.75 Å². The van der Waals surface area contributed by atoms with E-state index in [9.17, 15) is 9.90 Å². The molecule has 25 heavy (non-hydrogen) atoms. The zero-order valence-corrected chi connectivity index (χ0v) is 14.1. The number of ether oxygens (including phenoxy) is 1. The molecule has 0 aliphatic heterocycles. The molecule has 1 unspecified atom stereocenters. The highest BCUT2D eigenvalue weighted by Crippen LogP contribution is 2.26. The fourth-order valence-corrected chi connectivity index (χ4v) is 2.96. The molecule has 1 atom stereocenters. The fourth-order valence-electron chi connectivity index (χ4n) is 2.96. The molecule has 6 nitrogen and oxygen atoms in total. The van der Waals surface area contributed by atoms with E-state index >= 15 is 0 Å². The van der Waals surface area contributed by atoms with Gasteiger partial charge in [0.2, 0.25) is 0 Å². The molecule has 1 fully saturated rings. The smallest absolute Gasteiger partial charge is 0.315 e. The summed E-state index contributed by atoms with van der Waals surface area (Å²) in [7, 11) is 0. The van der Waals surface area contributed by atoms with Gasteiger partial charge in [0.15, 0.2) is 0 Å². The lowest BCUT2D eigenvalue weighted by Gasteiger charge is -2.17. The van der Waals surface area contributed by atoms with Gasteiger partial charge in [-0.25, -0.2) is 4.79 Å². The van der Waals surface area contributed by atoms with Gasteiger partial charge in [0.25, 0.3) is 0 Å². The third-order valence-corrected chi connectivity index (χ3v) is 4.34. The number of aliphatic hydroxyl groups is 1. The maximum atomic E-state index is 11.9. The van der Waals surface area contributed by atoms with E-state index in [2.05, 4.69) is 10.6 Å². The summed E-state index contributed by atoms with van der Waals surface area (Å²) in [6.45, 7) is 0.450. The van der Waals surface area contributed by atoms with Crippen molar-refractivity contribution < 1.29 is 19.1 Å². The number of nitrogens with one attached hydrogen (secondary N) is 2. The van der Waals surface area contributed by atoms with E-state index in [-0.39, 0.29) is 18.7 Å². The molecule has 134 valence electrons. The second kappa shape index (κ2) is 8.58. The van der Waals surface area contributed by atoms with Crippen molar-refractivity contribution in [3.8, 4) is 5.75 Å². The van der Waals surface area contributed by atoms with E-state index in [0.29, 0.717) is 12.3 Å². The second-order valence-electron chi connectivity index (χ2n) is 6.23. The molecule has 1 aliphatic rings. The molecule has 3 rings (SSSR count). The molecule has 0 saturated heterocycles. The Bertz CT molecular complexity index is 666. The van der Waals surface area contributed by atoms with Crippen LogP contribution in [0.2, 0.25) is 0 Å². The van der Waals surface area contributed by atoms with E-state index in [1.807, 2.05) is 24.3 Å². The van der Waals surface area contributed by atoms with Crippen LogP contribution in [0, 0.1) is 0 Å². The van der Waals surface area contributed by atoms with Gasteiger partial charge in [0.05, 0.1) is 18.9 Å². The number of amides is 2. The van der Waals surface area contributed by atoms with Crippen LogP contribution in [0.15, 0.2) is 47.1 Å². The van der Waals surface area contributed by atoms with E-state index in [1.54, 1.807) is 12.1 Å². The summed E-state index contributed by atoms with van der Waals surface area (Å²) < 4.78 is 11.2. The third-order valence-electron chi connectivity index (χ3n) is 4.34. The van der Waals surface area contributed by atoms with Gasteiger partial charge in [-0.2, -0.15) is 0 Å². The van der Waals surface area contributed by atoms with E-state index < -0.39 is 6.10 Å². The summed E-state index contributed by atoms with van der Waals surface area (Å²) in [4.78, 5) is 11.9. The zero-order chi connectivity index (χ0) is 17.5. The number of urea groups is 1. The molecule has 1 aliphatic carbocycles. The number of benzene rings is 1. The molecule has 2 aromatic rings. The predicted molar refractivity (Wildman–Crippen MR) is 93.2 cm³/mol. The predicted octanol–water partition coefficient (Wildman–Crippen LogP) is 3.13. The fraction of sp³-hybridized carbons (Fsp3) is 0.421. The average Bonchev–Trinajstić information content (AvgIpc) is 3.32. The first kappa shape index (κ1) is 17.4. The molecule has 1 saturated carbocycles. The van der Waals surface area contributed by atoms with E-state index in [4.69, 9.17) is 9.15 Å². The molecule has 0 bridgehead atoms. The number of para-hydroxylation sites is 1. The SMILES string of the molecule is O=C(NCc1ccccc1OC1CCCC1)NCC(O)c1ccco1. The van der Waals surface area contributed by atoms with Gasteiger partial charge in [-0.05, 0) is 43.9 Å². The number of carbonyl (C=O) groups is 1. The average molecular weight is 344 g/mol. The Kier molecular flexibility index (Phi) is 5.95. The lowest BCUT2D eigenvalue weighted by molar-refractivity contribution is 0.148. The van der Waals surface area contributed by atoms with Crippen LogP contribution in [0.25, 0.3) is 0 Å². The zero-order valence-electron chi connectivity index (χ0n) is 14.1. The van der Waals surface area contributed by atoms with Gasteiger partial charge < -0.3 is 24.9 Å². The normalized spacial score (nSPS) is 15.7. The monoisotopic (exact) mass is 344 g/mol. The highest BCUT2D eigenvalue weighted by Gasteiger charge is 2.18. The molecule has 3 N–H and O–H groups in total. The standard InChI is InChI=1S/C19H24N2O4/c22-16(18-10-5-11-24-18)13-21-19(23)20-12-14-6-1-4-9-17(14)25-15-7-2-3-8-15/h1,4-6,9-11,15-16,22H,2-3,7-8,12-13H2,(H2,20,21,23). The van der Waals surface area contributed by atoms with Gasteiger partial charge in [-0.3, -0.25) is 0 Å². The van der Waals surface area contributed by atoms with Crippen LogP contribution >= 0.6 is 0 Å². The summed E-state index contributed by atoms with van der Waals surface area (Å²) >= 11 is 0. The number of aliphatic hydroxyl groups excluding tert-OH is 1. The van der Waals surface area contributed by atoms with E-state index in [0.717, 1.165) is 24.2 Å². The molecule has 0 radical (unpaired) electrons. The Morgan fingerprint density at radius 3 is 2.76 bits per heavy atom. The minimum absolute atomic E-state index is 0.0829. The van der Waals surface area contributed by atoms with Gasteiger partial charge in [0, 0.05) is 12.1 Å². The van der Waals surface area contributed by atoms with Crippen LogP contribution in [0.4, 0.5) is 4.79 Å². The Hall–Kier alpha value is -2.47. The quantitative estimate of drug-likeness (QED) is 0.720. The third kappa shape index (κ3) is 5.00. The number of carbonyl (C=O) groups excluding carboxylic acids is 1. The van der Waals surface area contributed by atoms with Gasteiger partial charge in [-0.15, -0.1) is 0 Å². The van der Waals surface area contributed by atoms with Gasteiger partial charge in [0.1, 0.15) is 17.6 Å². The van der Waals surface area contributed by atoms with Crippen LogP contribution in [0.3, 0.4) is 0 Å². The molecule has 1 heterocycles. The van der Waals surface area contributed by atoms with Gasteiger partial charge >= 0.3 is 6.03 Å². The molecule has 2 amide bonds. The summed E-state index contributed by atoms with van der Waals surface area (Å²) in [5, 5.41) is 15.3. The Morgan fingerprint density at radius 1 is 1.20 bits per heavy atom. The van der Waals surface area contributed by atoms with Crippen molar-refractivity contribution in [1.82, 2.24) is 10.6 Å². The number of hydrogen-bond donors (Lipinski definition) is 3. The number of hydrogen-bond acceptors (Lipinski definition) is 4. The summed E-state index contributed by atoms with van der Waals surface area (Å²) in [5.41, 5.74) is 0.941. The molecular weight excluding hydrogens is 320 g/mol. The Morgan fingerprint density at radius 2 is 2.00 bits per heavy atom. The highest BCUT2D eigenvalue weighted by atomic mass is 16.5.